The van der Waals surface area contributed by atoms with Gasteiger partial charge in [0.25, 0.3) is 0 Å². The molecule has 0 saturated carbocycles. The monoisotopic (exact) mass is 332 g/mol. The quantitative estimate of drug-likeness (QED) is 0.236. The van der Waals surface area contributed by atoms with Crippen molar-refractivity contribution in [2.45, 2.75) is 30.7 Å². The van der Waals surface area contributed by atoms with E-state index in [9.17, 15) is 35.4 Å². The average molecular weight is 332 g/mol. The zero-order valence-corrected chi connectivity index (χ0v) is 11.6. The molecule has 7 N–H and O–H groups in total. The Balaban J connectivity index is 2.16. The molecule has 1 aromatic rings. The topological polar surface area (TPSA) is 177 Å². The number of aliphatic hydroxyl groups excluding tert-OH is 4. The number of phenols is 3. The van der Waals surface area contributed by atoms with Crippen LogP contribution in [0.4, 0.5) is 0 Å². The Morgan fingerprint density at radius 3 is 2.13 bits per heavy atom. The second-order valence-electron chi connectivity index (χ2n) is 4.97. The van der Waals surface area contributed by atoms with Crippen molar-refractivity contribution in [1.29, 1.82) is 0 Å². The molecular weight excluding hydrogens is 316 g/mol. The molecule has 0 spiro atoms. The summed E-state index contributed by atoms with van der Waals surface area (Å²) in [7, 11) is 0. The molecule has 0 bridgehead atoms. The van der Waals surface area contributed by atoms with E-state index in [1.807, 2.05) is 0 Å². The van der Waals surface area contributed by atoms with Gasteiger partial charge in [-0.2, -0.15) is 0 Å². The van der Waals surface area contributed by atoms with Gasteiger partial charge < -0.3 is 45.2 Å². The highest BCUT2D eigenvalue weighted by Gasteiger charge is 2.45. The van der Waals surface area contributed by atoms with E-state index in [-0.39, 0.29) is 5.56 Å². The smallest absolute Gasteiger partial charge is 0.340 e. The Hall–Kier alpha value is -2.11. The number of carbonyl (C=O) groups excluding carboxylic acids is 1. The van der Waals surface area contributed by atoms with E-state index in [2.05, 4.69) is 0 Å². The van der Waals surface area contributed by atoms with Crippen LogP contribution in [0.2, 0.25) is 0 Å². The lowest BCUT2D eigenvalue weighted by Crippen LogP contribution is -2.59. The zero-order valence-electron chi connectivity index (χ0n) is 11.6. The van der Waals surface area contributed by atoms with Gasteiger partial charge in [-0.1, -0.05) is 0 Å². The van der Waals surface area contributed by atoms with Crippen molar-refractivity contribution in [3.63, 3.8) is 0 Å². The summed E-state index contributed by atoms with van der Waals surface area (Å²) < 4.78 is 9.77. The lowest BCUT2D eigenvalue weighted by molar-refractivity contribution is -0.285. The van der Waals surface area contributed by atoms with Gasteiger partial charge in [-0.05, 0) is 12.1 Å². The number of ether oxygens (including phenoxy) is 2. The van der Waals surface area contributed by atoms with E-state index in [4.69, 9.17) is 14.6 Å². The van der Waals surface area contributed by atoms with Gasteiger partial charge in [-0.15, -0.1) is 0 Å². The van der Waals surface area contributed by atoms with Crippen LogP contribution in [-0.4, -0.2) is 79.0 Å². The summed E-state index contributed by atoms with van der Waals surface area (Å²) in [6.07, 6.45) is -8.06. The maximum Gasteiger partial charge on any atom is 0.340 e. The SMILES string of the molecule is O=C(O[C@@H]1O[C@@H](CO)[C@@H](O)[C@@H](O)[C@H]1O)c1cc(O)c(O)c(O)c1. The van der Waals surface area contributed by atoms with Gasteiger partial charge in [0.2, 0.25) is 6.29 Å². The molecule has 0 unspecified atom stereocenters. The van der Waals surface area contributed by atoms with Crippen LogP contribution in [0.15, 0.2) is 12.1 Å². The third-order valence-corrected chi connectivity index (χ3v) is 3.38. The van der Waals surface area contributed by atoms with Crippen molar-refractivity contribution in [2.24, 2.45) is 0 Å². The molecule has 10 heteroatoms. The number of benzene rings is 1. The van der Waals surface area contributed by atoms with Gasteiger partial charge in [0.15, 0.2) is 17.2 Å². The van der Waals surface area contributed by atoms with Crippen LogP contribution in [-0.2, 0) is 9.47 Å². The van der Waals surface area contributed by atoms with Crippen LogP contribution in [0.1, 0.15) is 10.4 Å². The van der Waals surface area contributed by atoms with Crippen molar-refractivity contribution >= 4 is 5.97 Å². The van der Waals surface area contributed by atoms with E-state index in [0.29, 0.717) is 0 Å². The Bertz CT molecular complexity index is 563. The van der Waals surface area contributed by atoms with Gasteiger partial charge >= 0.3 is 5.97 Å². The molecule has 1 saturated heterocycles. The summed E-state index contributed by atoms with van der Waals surface area (Å²) >= 11 is 0. The van der Waals surface area contributed by atoms with Gasteiger partial charge in [-0.25, -0.2) is 4.79 Å². The summed E-state index contributed by atoms with van der Waals surface area (Å²) in [4.78, 5) is 11.9. The number of carbonyl (C=O) groups is 1. The minimum absolute atomic E-state index is 0.366. The van der Waals surface area contributed by atoms with Crippen LogP contribution >= 0.6 is 0 Å². The average Bonchev–Trinajstić information content (AvgIpc) is 2.52. The summed E-state index contributed by atoms with van der Waals surface area (Å²) in [5.41, 5.74) is -0.366. The third kappa shape index (κ3) is 3.30. The lowest BCUT2D eigenvalue weighted by atomic mass is 9.99. The van der Waals surface area contributed by atoms with Crippen molar-refractivity contribution < 1.29 is 50.0 Å². The Morgan fingerprint density at radius 1 is 1.04 bits per heavy atom. The summed E-state index contributed by atoms with van der Waals surface area (Å²) in [6, 6.07) is 1.61. The van der Waals surface area contributed by atoms with E-state index >= 15 is 0 Å². The molecule has 0 radical (unpaired) electrons. The molecule has 0 amide bonds. The second-order valence-corrected chi connectivity index (χ2v) is 4.97. The number of aliphatic hydroxyl groups is 4. The molecule has 1 aliphatic rings. The Morgan fingerprint density at radius 2 is 1.61 bits per heavy atom. The molecule has 1 aliphatic heterocycles. The first-order valence-electron chi connectivity index (χ1n) is 6.52. The molecule has 128 valence electrons. The molecule has 23 heavy (non-hydrogen) atoms. The molecular formula is C13H16O10. The fourth-order valence-electron chi connectivity index (χ4n) is 2.06. The highest BCUT2D eigenvalue weighted by Crippen LogP contribution is 2.35. The number of aromatic hydroxyl groups is 3. The normalized spacial score (nSPS) is 30.9. The van der Waals surface area contributed by atoms with Crippen LogP contribution in [0, 0.1) is 0 Å². The van der Waals surface area contributed by atoms with Gasteiger partial charge in [0.1, 0.15) is 24.4 Å². The van der Waals surface area contributed by atoms with Gasteiger partial charge in [-0.3, -0.25) is 0 Å². The van der Waals surface area contributed by atoms with Crippen molar-refractivity contribution in [1.82, 2.24) is 0 Å². The van der Waals surface area contributed by atoms with Crippen molar-refractivity contribution in [3.8, 4) is 17.2 Å². The molecule has 1 aromatic carbocycles. The fourth-order valence-corrected chi connectivity index (χ4v) is 2.06. The first-order valence-corrected chi connectivity index (χ1v) is 6.52. The molecule has 5 atom stereocenters. The van der Waals surface area contributed by atoms with Crippen LogP contribution in [0.3, 0.4) is 0 Å². The molecule has 2 rings (SSSR count). The number of rotatable bonds is 3. The summed E-state index contributed by atoms with van der Waals surface area (Å²) in [6.45, 7) is -0.695. The van der Waals surface area contributed by atoms with E-state index < -0.39 is 60.5 Å². The van der Waals surface area contributed by atoms with Crippen LogP contribution in [0.25, 0.3) is 0 Å². The molecule has 1 heterocycles. The fraction of sp³-hybridized carbons (Fsp3) is 0.462. The molecule has 0 aliphatic carbocycles. The second kappa shape index (κ2) is 6.56. The predicted molar refractivity (Wildman–Crippen MR) is 70.6 cm³/mol. The highest BCUT2D eigenvalue weighted by molar-refractivity contribution is 5.91. The number of hydrogen-bond acceptors (Lipinski definition) is 10. The lowest BCUT2D eigenvalue weighted by Gasteiger charge is -2.39. The maximum absolute atomic E-state index is 11.9. The largest absolute Gasteiger partial charge is 0.504 e. The summed E-state index contributed by atoms with van der Waals surface area (Å²) in [5, 5.41) is 65.8. The van der Waals surface area contributed by atoms with Crippen LogP contribution < -0.4 is 0 Å². The van der Waals surface area contributed by atoms with E-state index in [0.717, 1.165) is 12.1 Å². The number of esters is 1. The molecule has 0 aromatic heterocycles. The Kier molecular flexibility index (Phi) is 4.92. The van der Waals surface area contributed by atoms with Crippen molar-refractivity contribution in [2.75, 3.05) is 6.61 Å². The predicted octanol–water partition coefficient (Wildman–Crippen LogP) is -2.24. The van der Waals surface area contributed by atoms with Gasteiger partial charge in [0.05, 0.1) is 12.2 Å². The van der Waals surface area contributed by atoms with E-state index in [1.165, 1.54) is 0 Å². The minimum Gasteiger partial charge on any atom is -0.504 e. The standard InChI is InChI=1S/C13H16O10/c14-3-7-9(18)10(19)11(20)13(22-7)23-12(21)4-1-5(15)8(17)6(16)2-4/h1-2,7,9-11,13-20H,3H2/t7-,9+,10+,11+,13-/m0/s1. The summed E-state index contributed by atoms with van der Waals surface area (Å²) in [5.74, 6) is -3.52. The van der Waals surface area contributed by atoms with Crippen LogP contribution in [0.5, 0.6) is 17.2 Å². The first-order chi connectivity index (χ1) is 10.8. The maximum atomic E-state index is 11.9. The van der Waals surface area contributed by atoms with Gasteiger partial charge in [0, 0.05) is 0 Å². The zero-order chi connectivity index (χ0) is 17.3. The van der Waals surface area contributed by atoms with Crippen molar-refractivity contribution in [3.05, 3.63) is 17.7 Å². The minimum atomic E-state index is -1.78. The highest BCUT2D eigenvalue weighted by atomic mass is 16.7. The number of hydrogen-bond donors (Lipinski definition) is 7. The first kappa shape index (κ1) is 17.2. The molecule has 1 fully saturated rings. The number of phenolic OH excluding ortho intramolecular Hbond substituents is 3. The Labute approximate surface area is 129 Å². The third-order valence-electron chi connectivity index (χ3n) is 3.38. The molecule has 10 nitrogen and oxygen atoms in total. The van der Waals surface area contributed by atoms with E-state index in [1.54, 1.807) is 0 Å².